The highest BCUT2D eigenvalue weighted by Gasteiger charge is 2.33. The molecule has 0 spiro atoms. The Morgan fingerprint density at radius 3 is 2.48 bits per heavy atom. The first-order chi connectivity index (χ1) is 14.5. The standard InChI is InChI=1S/C22H20F3N3O3/c1-12-6-7-14(17(10-12)22(23,24)25)11-19(29)27-18-5-3-4-16-15(18)8-9-28(21(16)31)13(2)20(26)30/h3-10,13H,11H2,1-2H3,(H2,26,30)(H,27,29)/t13-/m0/s1. The molecule has 0 aliphatic carbocycles. The number of alkyl halides is 3. The Morgan fingerprint density at radius 1 is 1.13 bits per heavy atom. The fraction of sp³-hybridized carbons (Fsp3) is 0.227. The van der Waals surface area contributed by atoms with Crippen LogP contribution in [0, 0.1) is 6.92 Å². The molecule has 1 heterocycles. The van der Waals surface area contributed by atoms with E-state index in [1.54, 1.807) is 19.1 Å². The highest BCUT2D eigenvalue weighted by molar-refractivity contribution is 6.02. The van der Waals surface area contributed by atoms with Gasteiger partial charge in [-0.2, -0.15) is 13.2 Å². The number of hydrogen-bond donors (Lipinski definition) is 2. The smallest absolute Gasteiger partial charge is 0.368 e. The molecule has 0 aliphatic rings. The maximum absolute atomic E-state index is 13.3. The van der Waals surface area contributed by atoms with Crippen molar-refractivity contribution in [1.82, 2.24) is 4.57 Å². The molecule has 0 radical (unpaired) electrons. The number of nitrogens with one attached hydrogen (secondary N) is 1. The maximum Gasteiger partial charge on any atom is 0.416 e. The Kier molecular flexibility index (Phi) is 5.88. The van der Waals surface area contributed by atoms with E-state index in [0.29, 0.717) is 10.9 Å². The maximum atomic E-state index is 13.3. The molecule has 0 aliphatic heterocycles. The van der Waals surface area contributed by atoms with Gasteiger partial charge in [-0.25, -0.2) is 0 Å². The third-order valence-corrected chi connectivity index (χ3v) is 5.00. The van der Waals surface area contributed by atoms with Crippen LogP contribution in [0.15, 0.2) is 53.5 Å². The number of primary amides is 1. The number of benzene rings is 2. The van der Waals surface area contributed by atoms with Gasteiger partial charge in [-0.1, -0.05) is 23.8 Å². The van der Waals surface area contributed by atoms with Crippen molar-refractivity contribution in [2.24, 2.45) is 5.73 Å². The summed E-state index contributed by atoms with van der Waals surface area (Å²) in [6.07, 6.45) is -3.68. The van der Waals surface area contributed by atoms with Crippen molar-refractivity contribution < 1.29 is 22.8 Å². The third-order valence-electron chi connectivity index (χ3n) is 5.00. The topological polar surface area (TPSA) is 94.2 Å². The molecule has 0 unspecified atom stereocenters. The lowest BCUT2D eigenvalue weighted by atomic mass is 10.0. The zero-order chi connectivity index (χ0) is 22.9. The first-order valence-electron chi connectivity index (χ1n) is 9.39. The normalized spacial score (nSPS) is 12.5. The van der Waals surface area contributed by atoms with Gasteiger partial charge in [0.15, 0.2) is 0 Å². The number of aryl methyl sites for hydroxylation is 1. The van der Waals surface area contributed by atoms with Crippen molar-refractivity contribution in [3.05, 3.63) is 75.7 Å². The fourth-order valence-corrected chi connectivity index (χ4v) is 3.32. The zero-order valence-corrected chi connectivity index (χ0v) is 16.8. The summed E-state index contributed by atoms with van der Waals surface area (Å²) in [5.41, 5.74) is 4.50. The quantitative estimate of drug-likeness (QED) is 0.647. The van der Waals surface area contributed by atoms with E-state index >= 15 is 0 Å². The zero-order valence-electron chi connectivity index (χ0n) is 16.8. The molecule has 0 bridgehead atoms. The summed E-state index contributed by atoms with van der Waals surface area (Å²) in [7, 11) is 0. The minimum Gasteiger partial charge on any atom is -0.368 e. The molecule has 0 saturated carbocycles. The van der Waals surface area contributed by atoms with Crippen LogP contribution in [-0.2, 0) is 22.2 Å². The molecule has 0 fully saturated rings. The molecule has 9 heteroatoms. The van der Waals surface area contributed by atoms with Gasteiger partial charge < -0.3 is 15.6 Å². The van der Waals surface area contributed by atoms with Crippen molar-refractivity contribution >= 4 is 28.3 Å². The number of hydrogen-bond acceptors (Lipinski definition) is 3. The summed E-state index contributed by atoms with van der Waals surface area (Å²) < 4.78 is 41.1. The summed E-state index contributed by atoms with van der Waals surface area (Å²) in [6, 6.07) is 9.08. The lowest BCUT2D eigenvalue weighted by molar-refractivity contribution is -0.138. The summed E-state index contributed by atoms with van der Waals surface area (Å²) in [4.78, 5) is 36.6. The number of aromatic nitrogens is 1. The molecule has 1 atom stereocenters. The van der Waals surface area contributed by atoms with Gasteiger partial charge in [-0.05, 0) is 43.7 Å². The lowest BCUT2D eigenvalue weighted by Crippen LogP contribution is -2.31. The number of halogens is 3. The Hall–Kier alpha value is -3.62. The molecule has 3 rings (SSSR count). The van der Waals surface area contributed by atoms with Crippen LogP contribution >= 0.6 is 0 Å². The molecule has 0 saturated heterocycles. The minimum absolute atomic E-state index is 0.145. The van der Waals surface area contributed by atoms with Gasteiger partial charge >= 0.3 is 6.18 Å². The van der Waals surface area contributed by atoms with Gasteiger partial charge in [-0.15, -0.1) is 0 Å². The van der Waals surface area contributed by atoms with Crippen LogP contribution in [0.2, 0.25) is 0 Å². The number of anilines is 1. The number of nitrogens with two attached hydrogens (primary N) is 1. The second-order valence-electron chi connectivity index (χ2n) is 7.26. The van der Waals surface area contributed by atoms with Crippen LogP contribution < -0.4 is 16.6 Å². The van der Waals surface area contributed by atoms with Gasteiger partial charge in [0.2, 0.25) is 11.8 Å². The van der Waals surface area contributed by atoms with E-state index in [1.807, 2.05) is 0 Å². The van der Waals surface area contributed by atoms with E-state index in [0.717, 1.165) is 6.07 Å². The number of amides is 2. The summed E-state index contributed by atoms with van der Waals surface area (Å²) in [5, 5.41) is 3.21. The highest BCUT2D eigenvalue weighted by Crippen LogP contribution is 2.33. The molecular weight excluding hydrogens is 411 g/mol. The number of carbonyl (C=O) groups is 2. The van der Waals surface area contributed by atoms with Crippen LogP contribution in [0.25, 0.3) is 10.8 Å². The van der Waals surface area contributed by atoms with E-state index in [-0.39, 0.29) is 16.6 Å². The highest BCUT2D eigenvalue weighted by atomic mass is 19.4. The lowest BCUT2D eigenvalue weighted by Gasteiger charge is -2.15. The molecule has 2 aromatic carbocycles. The first kappa shape index (κ1) is 22.1. The third kappa shape index (κ3) is 4.60. The summed E-state index contributed by atoms with van der Waals surface area (Å²) >= 11 is 0. The molecule has 31 heavy (non-hydrogen) atoms. The summed E-state index contributed by atoms with van der Waals surface area (Å²) in [6.45, 7) is 3.03. The second kappa shape index (κ2) is 8.25. The molecule has 3 aromatic rings. The Bertz CT molecular complexity index is 1230. The van der Waals surface area contributed by atoms with Crippen molar-refractivity contribution in [3.8, 4) is 0 Å². The number of rotatable bonds is 5. The van der Waals surface area contributed by atoms with Crippen LogP contribution in [0.3, 0.4) is 0 Å². The monoisotopic (exact) mass is 431 g/mol. The molecule has 2 amide bonds. The van der Waals surface area contributed by atoms with E-state index < -0.39 is 41.6 Å². The molecule has 6 nitrogen and oxygen atoms in total. The predicted molar refractivity (Wildman–Crippen MR) is 111 cm³/mol. The van der Waals surface area contributed by atoms with Gasteiger partial charge in [0.05, 0.1) is 12.0 Å². The fourth-order valence-electron chi connectivity index (χ4n) is 3.32. The number of fused-ring (bicyclic) bond motifs is 1. The Morgan fingerprint density at radius 2 is 1.84 bits per heavy atom. The van der Waals surface area contributed by atoms with Gasteiger partial charge in [0.25, 0.3) is 5.56 Å². The van der Waals surface area contributed by atoms with E-state index in [1.165, 1.54) is 42.0 Å². The summed E-state index contributed by atoms with van der Waals surface area (Å²) in [5.74, 6) is -1.33. The first-order valence-corrected chi connectivity index (χ1v) is 9.39. The number of carbonyl (C=O) groups excluding carboxylic acids is 2. The van der Waals surface area contributed by atoms with E-state index in [9.17, 15) is 27.6 Å². The van der Waals surface area contributed by atoms with Crippen molar-refractivity contribution in [2.75, 3.05) is 5.32 Å². The number of pyridine rings is 1. The van der Waals surface area contributed by atoms with Crippen LogP contribution in [0.1, 0.15) is 29.7 Å². The SMILES string of the molecule is Cc1ccc(CC(=O)Nc2cccc3c(=O)n([C@@H](C)C(N)=O)ccc23)c(C(F)(F)F)c1. The average molecular weight is 431 g/mol. The molecular formula is C22H20F3N3O3. The van der Waals surface area contributed by atoms with Gasteiger partial charge in [0, 0.05) is 22.7 Å². The van der Waals surface area contributed by atoms with E-state index in [4.69, 9.17) is 5.73 Å². The van der Waals surface area contributed by atoms with Gasteiger partial charge in [0.1, 0.15) is 6.04 Å². The van der Waals surface area contributed by atoms with Crippen molar-refractivity contribution in [3.63, 3.8) is 0 Å². The predicted octanol–water partition coefficient (Wildman–Crippen LogP) is 3.56. The Labute approximate surface area is 175 Å². The Balaban J connectivity index is 1.93. The molecule has 1 aromatic heterocycles. The van der Waals surface area contributed by atoms with Gasteiger partial charge in [-0.3, -0.25) is 14.4 Å². The largest absolute Gasteiger partial charge is 0.416 e. The van der Waals surface area contributed by atoms with Crippen LogP contribution in [-0.4, -0.2) is 16.4 Å². The van der Waals surface area contributed by atoms with E-state index in [2.05, 4.69) is 5.32 Å². The number of nitrogens with zero attached hydrogens (tertiary/aromatic N) is 1. The minimum atomic E-state index is -4.58. The van der Waals surface area contributed by atoms with Crippen molar-refractivity contribution in [2.45, 2.75) is 32.5 Å². The molecule has 162 valence electrons. The van der Waals surface area contributed by atoms with Crippen LogP contribution in [0.5, 0.6) is 0 Å². The average Bonchev–Trinajstić information content (AvgIpc) is 2.69. The molecule has 3 N–H and O–H groups in total. The second-order valence-corrected chi connectivity index (χ2v) is 7.26. The van der Waals surface area contributed by atoms with Crippen molar-refractivity contribution in [1.29, 1.82) is 0 Å². The van der Waals surface area contributed by atoms with Crippen LogP contribution in [0.4, 0.5) is 18.9 Å².